The van der Waals surface area contributed by atoms with Gasteiger partial charge in [0.15, 0.2) is 0 Å². The molecule has 0 saturated carbocycles. The molecule has 2 aromatic carbocycles. The quantitative estimate of drug-likeness (QED) is 0.807. The van der Waals surface area contributed by atoms with Gasteiger partial charge in [-0.2, -0.15) is 0 Å². The molecular formula is C18H22FN. The highest BCUT2D eigenvalue weighted by atomic mass is 19.1. The second-order valence-electron chi connectivity index (χ2n) is 5.06. The lowest BCUT2D eigenvalue weighted by Gasteiger charge is -2.18. The SMILES string of the molecule is CCc1ccc(C(CC)NCc2ccc(F)cc2)cc1. The predicted molar refractivity (Wildman–Crippen MR) is 82.1 cm³/mol. The minimum Gasteiger partial charge on any atom is -0.306 e. The van der Waals surface area contributed by atoms with Crippen LogP contribution >= 0.6 is 0 Å². The van der Waals surface area contributed by atoms with Crippen LogP contribution in [0.15, 0.2) is 48.5 Å². The van der Waals surface area contributed by atoms with E-state index >= 15 is 0 Å². The summed E-state index contributed by atoms with van der Waals surface area (Å²) in [4.78, 5) is 0. The first-order valence-electron chi connectivity index (χ1n) is 7.29. The summed E-state index contributed by atoms with van der Waals surface area (Å²) in [7, 11) is 0. The maximum atomic E-state index is 12.9. The standard InChI is InChI=1S/C18H22FN/c1-3-14-5-9-16(10-6-14)18(4-2)20-13-15-7-11-17(19)12-8-15/h5-12,18,20H,3-4,13H2,1-2H3. The monoisotopic (exact) mass is 271 g/mol. The molecule has 0 fully saturated rings. The van der Waals surface area contributed by atoms with Gasteiger partial charge in [-0.3, -0.25) is 0 Å². The Balaban J connectivity index is 1.99. The molecule has 0 spiro atoms. The molecule has 0 aromatic heterocycles. The molecule has 1 nitrogen and oxygen atoms in total. The Kier molecular flexibility index (Phi) is 5.31. The molecule has 2 aromatic rings. The molecule has 2 rings (SSSR count). The van der Waals surface area contributed by atoms with Crippen LogP contribution in [-0.2, 0) is 13.0 Å². The molecular weight excluding hydrogens is 249 g/mol. The van der Waals surface area contributed by atoms with Crippen molar-refractivity contribution in [2.75, 3.05) is 0 Å². The molecule has 0 saturated heterocycles. The van der Waals surface area contributed by atoms with Crippen LogP contribution < -0.4 is 5.32 Å². The molecule has 0 radical (unpaired) electrons. The van der Waals surface area contributed by atoms with E-state index in [2.05, 4.69) is 43.4 Å². The van der Waals surface area contributed by atoms with Gasteiger partial charge in [-0.15, -0.1) is 0 Å². The molecule has 20 heavy (non-hydrogen) atoms. The third-order valence-electron chi connectivity index (χ3n) is 3.66. The summed E-state index contributed by atoms with van der Waals surface area (Å²) in [6.45, 7) is 5.10. The Labute approximate surface area is 120 Å². The van der Waals surface area contributed by atoms with E-state index in [0.717, 1.165) is 24.9 Å². The van der Waals surface area contributed by atoms with Gasteiger partial charge in [-0.1, -0.05) is 50.2 Å². The van der Waals surface area contributed by atoms with Gasteiger partial charge in [0.2, 0.25) is 0 Å². The number of hydrogen-bond acceptors (Lipinski definition) is 1. The predicted octanol–water partition coefficient (Wildman–Crippen LogP) is 4.63. The Morgan fingerprint density at radius 2 is 1.50 bits per heavy atom. The number of benzene rings is 2. The van der Waals surface area contributed by atoms with E-state index in [-0.39, 0.29) is 5.82 Å². The lowest BCUT2D eigenvalue weighted by Crippen LogP contribution is -2.20. The first-order valence-corrected chi connectivity index (χ1v) is 7.29. The fraction of sp³-hybridized carbons (Fsp3) is 0.333. The summed E-state index contributed by atoms with van der Waals surface area (Å²) in [5.74, 6) is -0.184. The minimum absolute atomic E-state index is 0.184. The average molecular weight is 271 g/mol. The van der Waals surface area contributed by atoms with Crippen molar-refractivity contribution in [3.63, 3.8) is 0 Å². The molecule has 0 aliphatic rings. The van der Waals surface area contributed by atoms with Crippen molar-refractivity contribution >= 4 is 0 Å². The first kappa shape index (κ1) is 14.7. The Bertz CT molecular complexity index is 516. The zero-order valence-electron chi connectivity index (χ0n) is 12.2. The third-order valence-corrected chi connectivity index (χ3v) is 3.66. The maximum Gasteiger partial charge on any atom is 0.123 e. The number of aryl methyl sites for hydroxylation is 1. The molecule has 0 aliphatic carbocycles. The molecule has 106 valence electrons. The van der Waals surface area contributed by atoms with Crippen LogP contribution in [0, 0.1) is 5.82 Å². The topological polar surface area (TPSA) is 12.0 Å². The second-order valence-corrected chi connectivity index (χ2v) is 5.06. The maximum absolute atomic E-state index is 12.9. The van der Waals surface area contributed by atoms with Crippen LogP contribution in [0.2, 0.25) is 0 Å². The van der Waals surface area contributed by atoms with Gasteiger partial charge in [0.05, 0.1) is 0 Å². The van der Waals surface area contributed by atoms with E-state index in [0.29, 0.717) is 6.04 Å². The lowest BCUT2D eigenvalue weighted by molar-refractivity contribution is 0.518. The fourth-order valence-electron chi connectivity index (χ4n) is 2.33. The summed E-state index contributed by atoms with van der Waals surface area (Å²) in [6, 6.07) is 15.8. The van der Waals surface area contributed by atoms with Gasteiger partial charge < -0.3 is 5.32 Å². The van der Waals surface area contributed by atoms with Gasteiger partial charge in [0.1, 0.15) is 5.82 Å². The van der Waals surface area contributed by atoms with Crippen LogP contribution in [0.4, 0.5) is 4.39 Å². The van der Waals surface area contributed by atoms with Gasteiger partial charge in [0.25, 0.3) is 0 Å². The van der Waals surface area contributed by atoms with Crippen LogP contribution in [0.3, 0.4) is 0 Å². The fourth-order valence-corrected chi connectivity index (χ4v) is 2.33. The van der Waals surface area contributed by atoms with Crippen LogP contribution in [0.25, 0.3) is 0 Å². The third kappa shape index (κ3) is 3.91. The van der Waals surface area contributed by atoms with E-state index < -0.39 is 0 Å². The largest absolute Gasteiger partial charge is 0.306 e. The normalized spacial score (nSPS) is 12.3. The summed E-state index contributed by atoms with van der Waals surface area (Å²) >= 11 is 0. The van der Waals surface area contributed by atoms with Crippen molar-refractivity contribution in [2.45, 2.75) is 39.3 Å². The first-order chi connectivity index (χ1) is 9.72. The molecule has 1 atom stereocenters. The van der Waals surface area contributed by atoms with E-state index in [1.165, 1.54) is 23.3 Å². The Morgan fingerprint density at radius 3 is 2.05 bits per heavy atom. The molecule has 0 amide bonds. The molecule has 0 bridgehead atoms. The van der Waals surface area contributed by atoms with Gasteiger partial charge >= 0.3 is 0 Å². The number of nitrogens with one attached hydrogen (secondary N) is 1. The molecule has 0 aliphatic heterocycles. The number of rotatable bonds is 6. The number of hydrogen-bond donors (Lipinski definition) is 1. The molecule has 0 heterocycles. The highest BCUT2D eigenvalue weighted by Crippen LogP contribution is 2.18. The van der Waals surface area contributed by atoms with E-state index in [1.807, 2.05) is 12.1 Å². The van der Waals surface area contributed by atoms with Crippen molar-refractivity contribution in [2.24, 2.45) is 0 Å². The van der Waals surface area contributed by atoms with Gasteiger partial charge in [0, 0.05) is 12.6 Å². The van der Waals surface area contributed by atoms with Crippen molar-refractivity contribution in [1.82, 2.24) is 5.32 Å². The zero-order chi connectivity index (χ0) is 14.4. The smallest absolute Gasteiger partial charge is 0.123 e. The van der Waals surface area contributed by atoms with Gasteiger partial charge in [-0.05, 0) is 41.7 Å². The van der Waals surface area contributed by atoms with E-state index in [9.17, 15) is 4.39 Å². The van der Waals surface area contributed by atoms with Crippen LogP contribution in [-0.4, -0.2) is 0 Å². The Hall–Kier alpha value is -1.67. The van der Waals surface area contributed by atoms with Crippen molar-refractivity contribution < 1.29 is 4.39 Å². The summed E-state index contributed by atoms with van der Waals surface area (Å²) < 4.78 is 12.9. The van der Waals surface area contributed by atoms with Crippen molar-refractivity contribution in [1.29, 1.82) is 0 Å². The molecule has 1 N–H and O–H groups in total. The highest BCUT2D eigenvalue weighted by Gasteiger charge is 2.08. The van der Waals surface area contributed by atoms with Crippen molar-refractivity contribution in [3.05, 3.63) is 71.0 Å². The van der Waals surface area contributed by atoms with Crippen molar-refractivity contribution in [3.8, 4) is 0 Å². The van der Waals surface area contributed by atoms with E-state index in [4.69, 9.17) is 0 Å². The zero-order valence-corrected chi connectivity index (χ0v) is 12.2. The summed E-state index contributed by atoms with van der Waals surface area (Å²) in [6.07, 6.45) is 2.10. The summed E-state index contributed by atoms with van der Waals surface area (Å²) in [5.41, 5.74) is 3.78. The molecule has 1 unspecified atom stereocenters. The second kappa shape index (κ2) is 7.20. The highest BCUT2D eigenvalue weighted by molar-refractivity contribution is 5.25. The van der Waals surface area contributed by atoms with Crippen LogP contribution in [0.5, 0.6) is 0 Å². The lowest BCUT2D eigenvalue weighted by atomic mass is 10.0. The van der Waals surface area contributed by atoms with E-state index in [1.54, 1.807) is 0 Å². The molecule has 2 heteroatoms. The van der Waals surface area contributed by atoms with Crippen LogP contribution in [0.1, 0.15) is 43.0 Å². The van der Waals surface area contributed by atoms with Gasteiger partial charge in [-0.25, -0.2) is 4.39 Å². The minimum atomic E-state index is -0.184. The average Bonchev–Trinajstić information content (AvgIpc) is 2.50. The summed E-state index contributed by atoms with van der Waals surface area (Å²) in [5, 5.41) is 3.54. The Morgan fingerprint density at radius 1 is 0.900 bits per heavy atom. The number of halogens is 1.